The van der Waals surface area contributed by atoms with E-state index in [1.807, 2.05) is 31.2 Å². The smallest absolute Gasteiger partial charge is 0.223 e. The molecule has 2 saturated heterocycles. The normalized spacial score (nSPS) is 24.2. The average molecular weight is 450 g/mol. The first kappa shape index (κ1) is 24.2. The van der Waals surface area contributed by atoms with Gasteiger partial charge in [-0.2, -0.15) is 0 Å². The first-order valence-electron chi connectivity index (χ1n) is 11.8. The van der Waals surface area contributed by atoms with E-state index in [4.69, 9.17) is 0 Å². The van der Waals surface area contributed by atoms with E-state index in [0.717, 1.165) is 49.0 Å². The maximum atomic E-state index is 12.7. The van der Waals surface area contributed by atoms with Crippen LogP contribution in [0.2, 0.25) is 0 Å². The van der Waals surface area contributed by atoms with Gasteiger partial charge in [-0.3, -0.25) is 4.79 Å². The van der Waals surface area contributed by atoms with Crippen LogP contribution in [0, 0.1) is 24.7 Å². The summed E-state index contributed by atoms with van der Waals surface area (Å²) in [4.78, 5) is 15.1. The number of aryl methyl sites for hydroxylation is 1. The number of nitrogens with zero attached hydrogens (tertiary/aromatic N) is 2. The van der Waals surface area contributed by atoms with Gasteiger partial charge in [0.25, 0.3) is 0 Å². The zero-order valence-corrected chi connectivity index (χ0v) is 20.2. The average Bonchev–Trinajstić information content (AvgIpc) is 2.72. The zero-order chi connectivity index (χ0) is 22.4. The minimum Gasteiger partial charge on any atom is -0.356 e. The van der Waals surface area contributed by atoms with Gasteiger partial charge in [0, 0.05) is 38.6 Å². The number of carbonyl (C=O) groups is 1. The van der Waals surface area contributed by atoms with Crippen molar-refractivity contribution >= 4 is 15.9 Å². The van der Waals surface area contributed by atoms with Gasteiger partial charge in [0.2, 0.25) is 15.9 Å². The maximum absolute atomic E-state index is 12.7. The molecule has 0 radical (unpaired) electrons. The number of nitrogens with one attached hydrogen (secondary N) is 1. The van der Waals surface area contributed by atoms with Crippen LogP contribution in [0.4, 0.5) is 0 Å². The molecule has 2 heterocycles. The third kappa shape index (κ3) is 7.29. The minimum atomic E-state index is -3.34. The zero-order valence-electron chi connectivity index (χ0n) is 19.3. The molecule has 3 rings (SSSR count). The topological polar surface area (TPSA) is 69.7 Å². The molecule has 0 aliphatic carbocycles. The molecule has 2 fully saturated rings. The number of amides is 1. The summed E-state index contributed by atoms with van der Waals surface area (Å²) in [7, 11) is -3.34. The van der Waals surface area contributed by atoms with Gasteiger partial charge in [-0.15, -0.1) is 0 Å². The molecule has 2 atom stereocenters. The summed E-state index contributed by atoms with van der Waals surface area (Å²) < 4.78 is 27.0. The van der Waals surface area contributed by atoms with Crippen molar-refractivity contribution in [3.05, 3.63) is 35.4 Å². The molecule has 0 saturated carbocycles. The van der Waals surface area contributed by atoms with Gasteiger partial charge < -0.3 is 10.2 Å². The summed E-state index contributed by atoms with van der Waals surface area (Å²) in [5, 5.41) is 3.08. The molecule has 2 aliphatic heterocycles. The Kier molecular flexibility index (Phi) is 8.53. The van der Waals surface area contributed by atoms with Crippen LogP contribution in [-0.2, 0) is 20.6 Å². The third-order valence-corrected chi connectivity index (χ3v) is 8.43. The van der Waals surface area contributed by atoms with Crippen molar-refractivity contribution < 1.29 is 13.2 Å². The lowest BCUT2D eigenvalue weighted by Gasteiger charge is -2.35. The fourth-order valence-corrected chi connectivity index (χ4v) is 6.58. The van der Waals surface area contributed by atoms with Crippen molar-refractivity contribution in [2.24, 2.45) is 17.8 Å². The summed E-state index contributed by atoms with van der Waals surface area (Å²) in [5.74, 6) is 1.53. The van der Waals surface area contributed by atoms with E-state index in [1.165, 1.54) is 6.42 Å². The Morgan fingerprint density at radius 3 is 2.29 bits per heavy atom. The number of benzene rings is 1. The second-order valence-electron chi connectivity index (χ2n) is 9.77. The van der Waals surface area contributed by atoms with Gasteiger partial charge in [-0.05, 0) is 56.6 Å². The second-order valence-corrected chi connectivity index (χ2v) is 11.7. The standard InChI is InChI=1S/C24H39N3O3S/c1-19-5-7-22(8-6-19)18-31(29,30)27-13-9-23(10-14-27)24(28)25-11-4-12-26-16-20(2)15-21(3)17-26/h5-8,20-21,23H,4,9-18H2,1-3H3,(H,25,28)/t20-,21-/m0/s1. The molecule has 0 bridgehead atoms. The van der Waals surface area contributed by atoms with Crippen LogP contribution in [0.25, 0.3) is 0 Å². The Morgan fingerprint density at radius 1 is 1.06 bits per heavy atom. The fraction of sp³-hybridized carbons (Fsp3) is 0.708. The van der Waals surface area contributed by atoms with Gasteiger partial charge in [0.15, 0.2) is 0 Å². The van der Waals surface area contributed by atoms with E-state index in [0.29, 0.717) is 32.5 Å². The summed E-state index contributed by atoms with van der Waals surface area (Å²) in [5.41, 5.74) is 1.93. The van der Waals surface area contributed by atoms with Crippen LogP contribution in [0.15, 0.2) is 24.3 Å². The highest BCUT2D eigenvalue weighted by Gasteiger charge is 2.31. The van der Waals surface area contributed by atoms with Gasteiger partial charge in [0.1, 0.15) is 0 Å². The molecular formula is C24H39N3O3S. The first-order valence-corrected chi connectivity index (χ1v) is 13.4. The van der Waals surface area contributed by atoms with E-state index >= 15 is 0 Å². The molecule has 0 unspecified atom stereocenters. The highest BCUT2D eigenvalue weighted by Crippen LogP contribution is 2.23. The lowest BCUT2D eigenvalue weighted by Crippen LogP contribution is -2.44. The number of piperidine rings is 2. The van der Waals surface area contributed by atoms with Crippen LogP contribution >= 0.6 is 0 Å². The maximum Gasteiger partial charge on any atom is 0.223 e. The number of carbonyl (C=O) groups excluding carboxylic acids is 1. The van der Waals surface area contributed by atoms with E-state index in [2.05, 4.69) is 24.1 Å². The Balaban J connectivity index is 1.36. The molecule has 0 aromatic heterocycles. The Labute approximate surface area is 188 Å². The quantitative estimate of drug-likeness (QED) is 0.620. The van der Waals surface area contributed by atoms with Gasteiger partial charge in [0.05, 0.1) is 5.75 Å². The fourth-order valence-electron chi connectivity index (χ4n) is 5.02. The highest BCUT2D eigenvalue weighted by atomic mass is 32.2. The monoisotopic (exact) mass is 449 g/mol. The predicted molar refractivity (Wildman–Crippen MR) is 125 cm³/mol. The van der Waals surface area contributed by atoms with Gasteiger partial charge in [-0.1, -0.05) is 43.7 Å². The van der Waals surface area contributed by atoms with Crippen LogP contribution in [-0.4, -0.2) is 62.8 Å². The molecule has 1 aromatic carbocycles. The SMILES string of the molecule is Cc1ccc(CS(=O)(=O)N2CCC(C(=O)NCCCN3C[C@@H](C)C[C@H](C)C3)CC2)cc1. The van der Waals surface area contributed by atoms with E-state index in [9.17, 15) is 13.2 Å². The summed E-state index contributed by atoms with van der Waals surface area (Å²) in [6.07, 6.45) is 3.47. The van der Waals surface area contributed by atoms with E-state index < -0.39 is 10.0 Å². The molecule has 2 aliphatic rings. The van der Waals surface area contributed by atoms with Crippen molar-refractivity contribution in [3.63, 3.8) is 0 Å². The summed E-state index contributed by atoms with van der Waals surface area (Å²) in [6.45, 7) is 11.5. The third-order valence-electron chi connectivity index (χ3n) is 6.58. The molecule has 6 nitrogen and oxygen atoms in total. The van der Waals surface area contributed by atoms with Crippen LogP contribution in [0.5, 0.6) is 0 Å². The number of sulfonamides is 1. The highest BCUT2D eigenvalue weighted by molar-refractivity contribution is 7.88. The van der Waals surface area contributed by atoms with Crippen LogP contribution < -0.4 is 5.32 Å². The molecular weight excluding hydrogens is 410 g/mol. The van der Waals surface area contributed by atoms with E-state index in [-0.39, 0.29) is 17.6 Å². The molecule has 0 spiro atoms. The van der Waals surface area contributed by atoms with Crippen molar-refractivity contribution in [1.82, 2.24) is 14.5 Å². The Hall–Kier alpha value is -1.44. The number of rotatable bonds is 8. The van der Waals surface area contributed by atoms with Gasteiger partial charge >= 0.3 is 0 Å². The first-order chi connectivity index (χ1) is 14.7. The second kappa shape index (κ2) is 10.9. The summed E-state index contributed by atoms with van der Waals surface area (Å²) >= 11 is 0. The number of hydrogen-bond acceptors (Lipinski definition) is 4. The Morgan fingerprint density at radius 2 is 1.68 bits per heavy atom. The largest absolute Gasteiger partial charge is 0.356 e. The predicted octanol–water partition coefficient (Wildman–Crippen LogP) is 3.02. The molecule has 1 amide bonds. The van der Waals surface area contributed by atoms with Gasteiger partial charge in [-0.25, -0.2) is 12.7 Å². The van der Waals surface area contributed by atoms with Crippen LogP contribution in [0.3, 0.4) is 0 Å². The Bertz CT molecular complexity index is 807. The molecule has 31 heavy (non-hydrogen) atoms. The minimum absolute atomic E-state index is 0.0257. The molecule has 1 N–H and O–H groups in total. The van der Waals surface area contributed by atoms with Crippen molar-refractivity contribution in [1.29, 1.82) is 0 Å². The summed E-state index contributed by atoms with van der Waals surface area (Å²) in [6, 6.07) is 7.62. The molecule has 174 valence electrons. The number of likely N-dealkylation sites (tertiary alicyclic amines) is 1. The van der Waals surface area contributed by atoms with Crippen molar-refractivity contribution in [2.75, 3.05) is 39.3 Å². The van der Waals surface area contributed by atoms with Crippen molar-refractivity contribution in [3.8, 4) is 0 Å². The lowest BCUT2D eigenvalue weighted by molar-refractivity contribution is -0.126. The number of hydrogen-bond donors (Lipinski definition) is 1. The lowest BCUT2D eigenvalue weighted by atomic mass is 9.92. The molecule has 1 aromatic rings. The van der Waals surface area contributed by atoms with Crippen molar-refractivity contribution in [2.45, 2.75) is 52.2 Å². The van der Waals surface area contributed by atoms with Crippen LogP contribution in [0.1, 0.15) is 50.7 Å². The van der Waals surface area contributed by atoms with E-state index in [1.54, 1.807) is 4.31 Å². The molecule has 7 heteroatoms.